The van der Waals surface area contributed by atoms with Crippen molar-refractivity contribution in [1.29, 1.82) is 0 Å². The molecule has 0 spiro atoms. The standard InChI is InChI=1S/C14H11N3O4/c18-12(7-3-5-15-6-4-7)16-17-13(19)10-8-1-2-9(21-8)11(10)14(17)20/h1-6,8-11H,(H,16,18). The van der Waals surface area contributed by atoms with Crippen molar-refractivity contribution in [3.05, 3.63) is 42.2 Å². The highest BCUT2D eigenvalue weighted by Gasteiger charge is 2.61. The second-order valence-corrected chi connectivity index (χ2v) is 5.19. The third kappa shape index (κ3) is 1.64. The first-order valence-electron chi connectivity index (χ1n) is 6.59. The Bertz CT molecular complexity index is 642. The summed E-state index contributed by atoms with van der Waals surface area (Å²) in [5.74, 6) is -2.38. The Morgan fingerprint density at radius 3 is 2.24 bits per heavy atom. The number of fused-ring (bicyclic) bond motifs is 5. The van der Waals surface area contributed by atoms with E-state index >= 15 is 0 Å². The Labute approximate surface area is 119 Å². The number of carbonyl (C=O) groups excluding carboxylic acids is 3. The van der Waals surface area contributed by atoms with Gasteiger partial charge in [-0.15, -0.1) is 0 Å². The number of ether oxygens (including phenoxy) is 1. The molecule has 7 nitrogen and oxygen atoms in total. The van der Waals surface area contributed by atoms with Gasteiger partial charge in [0.2, 0.25) is 0 Å². The summed E-state index contributed by atoms with van der Waals surface area (Å²) in [4.78, 5) is 40.5. The summed E-state index contributed by atoms with van der Waals surface area (Å²) in [6.45, 7) is 0. The van der Waals surface area contributed by atoms with Crippen LogP contribution in [0.15, 0.2) is 36.7 Å². The lowest BCUT2D eigenvalue weighted by Crippen LogP contribution is -2.47. The zero-order valence-corrected chi connectivity index (χ0v) is 10.8. The van der Waals surface area contributed by atoms with E-state index in [4.69, 9.17) is 4.74 Å². The molecule has 7 heteroatoms. The highest BCUT2D eigenvalue weighted by atomic mass is 16.5. The van der Waals surface area contributed by atoms with Crippen LogP contribution in [0.3, 0.4) is 0 Å². The molecule has 1 N–H and O–H groups in total. The van der Waals surface area contributed by atoms with Crippen LogP contribution in [0.4, 0.5) is 0 Å². The van der Waals surface area contributed by atoms with Crippen LogP contribution in [0.2, 0.25) is 0 Å². The molecule has 3 aliphatic heterocycles. The van der Waals surface area contributed by atoms with Gasteiger partial charge in [0, 0.05) is 18.0 Å². The van der Waals surface area contributed by atoms with Crippen molar-refractivity contribution in [3.63, 3.8) is 0 Å². The van der Waals surface area contributed by atoms with Crippen molar-refractivity contribution in [2.75, 3.05) is 0 Å². The third-order valence-corrected chi connectivity index (χ3v) is 4.07. The minimum atomic E-state index is -0.523. The monoisotopic (exact) mass is 285 g/mol. The summed E-state index contributed by atoms with van der Waals surface area (Å²) in [7, 11) is 0. The zero-order chi connectivity index (χ0) is 14.6. The van der Waals surface area contributed by atoms with Crippen LogP contribution in [0, 0.1) is 11.8 Å². The van der Waals surface area contributed by atoms with E-state index in [9.17, 15) is 14.4 Å². The lowest BCUT2D eigenvalue weighted by Gasteiger charge is -2.18. The summed E-state index contributed by atoms with van der Waals surface area (Å²) in [5.41, 5.74) is 2.71. The lowest BCUT2D eigenvalue weighted by molar-refractivity contribution is -0.145. The highest BCUT2D eigenvalue weighted by Crippen LogP contribution is 2.44. The van der Waals surface area contributed by atoms with Crippen LogP contribution < -0.4 is 5.43 Å². The molecule has 1 aromatic rings. The van der Waals surface area contributed by atoms with E-state index in [1.54, 1.807) is 12.2 Å². The molecule has 1 aromatic heterocycles. The molecule has 21 heavy (non-hydrogen) atoms. The summed E-state index contributed by atoms with van der Waals surface area (Å²) in [5, 5.41) is 0.827. The number of imide groups is 1. The molecular formula is C14H11N3O4. The highest BCUT2D eigenvalue weighted by molar-refractivity contribution is 6.09. The summed E-state index contributed by atoms with van der Waals surface area (Å²) < 4.78 is 5.52. The number of amides is 3. The van der Waals surface area contributed by atoms with Crippen LogP contribution in [-0.4, -0.2) is 39.9 Å². The fraction of sp³-hybridized carbons (Fsp3) is 0.286. The Hall–Kier alpha value is -2.54. The van der Waals surface area contributed by atoms with E-state index in [2.05, 4.69) is 10.4 Å². The smallest absolute Gasteiger partial charge is 0.270 e. The van der Waals surface area contributed by atoms with Gasteiger partial charge in [-0.2, -0.15) is 5.01 Å². The molecule has 3 amide bonds. The van der Waals surface area contributed by atoms with Gasteiger partial charge in [0.1, 0.15) is 0 Å². The molecule has 0 aromatic carbocycles. The maximum Gasteiger partial charge on any atom is 0.270 e. The van der Waals surface area contributed by atoms with E-state index in [0.29, 0.717) is 5.56 Å². The number of nitrogens with one attached hydrogen (secondary N) is 1. The topological polar surface area (TPSA) is 88.6 Å². The van der Waals surface area contributed by atoms with Crippen LogP contribution in [0.5, 0.6) is 0 Å². The quantitative estimate of drug-likeness (QED) is 0.593. The molecule has 2 bridgehead atoms. The second-order valence-electron chi connectivity index (χ2n) is 5.19. The first-order chi connectivity index (χ1) is 10.2. The molecule has 4 atom stereocenters. The first kappa shape index (κ1) is 12.2. The Morgan fingerprint density at radius 2 is 1.67 bits per heavy atom. The Morgan fingerprint density at radius 1 is 1.10 bits per heavy atom. The predicted molar refractivity (Wildman–Crippen MR) is 68.3 cm³/mol. The van der Waals surface area contributed by atoms with E-state index in [1.165, 1.54) is 24.5 Å². The fourth-order valence-corrected chi connectivity index (χ4v) is 3.08. The number of nitrogens with zero attached hydrogens (tertiary/aromatic N) is 2. The van der Waals surface area contributed by atoms with Gasteiger partial charge in [0.05, 0.1) is 24.0 Å². The van der Waals surface area contributed by atoms with Crippen molar-refractivity contribution < 1.29 is 19.1 Å². The molecule has 4 heterocycles. The van der Waals surface area contributed by atoms with E-state index in [1.807, 2.05) is 0 Å². The van der Waals surface area contributed by atoms with Crippen LogP contribution in [-0.2, 0) is 14.3 Å². The Balaban J connectivity index is 1.56. The molecule has 3 aliphatic rings. The molecule has 0 aliphatic carbocycles. The minimum absolute atomic E-state index is 0.333. The van der Waals surface area contributed by atoms with Crippen molar-refractivity contribution in [2.45, 2.75) is 12.2 Å². The number of hydrazine groups is 1. The molecular weight excluding hydrogens is 274 g/mol. The maximum atomic E-state index is 12.3. The molecule has 0 radical (unpaired) electrons. The zero-order valence-electron chi connectivity index (χ0n) is 10.8. The van der Waals surface area contributed by atoms with E-state index in [0.717, 1.165) is 5.01 Å². The van der Waals surface area contributed by atoms with Gasteiger partial charge in [-0.3, -0.25) is 24.8 Å². The average Bonchev–Trinajstić information content (AvgIpc) is 3.18. The van der Waals surface area contributed by atoms with Gasteiger partial charge in [0.25, 0.3) is 17.7 Å². The van der Waals surface area contributed by atoms with Crippen molar-refractivity contribution in [1.82, 2.24) is 15.4 Å². The predicted octanol–water partition coefficient (Wildman–Crippen LogP) is -0.335. The van der Waals surface area contributed by atoms with E-state index in [-0.39, 0.29) is 12.2 Å². The molecule has 106 valence electrons. The van der Waals surface area contributed by atoms with Gasteiger partial charge >= 0.3 is 0 Å². The van der Waals surface area contributed by atoms with E-state index < -0.39 is 29.6 Å². The normalized spacial score (nSPS) is 32.7. The Kier molecular flexibility index (Phi) is 2.46. The number of aromatic nitrogens is 1. The average molecular weight is 285 g/mol. The van der Waals surface area contributed by atoms with Crippen molar-refractivity contribution in [2.24, 2.45) is 11.8 Å². The van der Waals surface area contributed by atoms with Gasteiger partial charge in [0.15, 0.2) is 0 Å². The first-order valence-corrected chi connectivity index (χ1v) is 6.59. The third-order valence-electron chi connectivity index (χ3n) is 4.07. The number of hydrogen-bond acceptors (Lipinski definition) is 5. The summed E-state index contributed by atoms with van der Waals surface area (Å²) in [6, 6.07) is 3.02. The van der Waals surface area contributed by atoms with Crippen LogP contribution >= 0.6 is 0 Å². The SMILES string of the molecule is O=C(NN1C(=O)C2C3C=CC(O3)C2C1=O)c1ccncc1. The molecule has 4 rings (SSSR count). The van der Waals surface area contributed by atoms with Gasteiger partial charge in [-0.25, -0.2) is 0 Å². The second kappa shape index (κ2) is 4.23. The number of rotatable bonds is 2. The molecule has 2 fully saturated rings. The number of hydrogen-bond donors (Lipinski definition) is 1. The maximum absolute atomic E-state index is 12.3. The lowest BCUT2D eigenvalue weighted by atomic mass is 9.85. The summed E-state index contributed by atoms with van der Waals surface area (Å²) >= 11 is 0. The van der Waals surface area contributed by atoms with Crippen molar-refractivity contribution in [3.8, 4) is 0 Å². The number of pyridine rings is 1. The van der Waals surface area contributed by atoms with Crippen molar-refractivity contribution >= 4 is 17.7 Å². The fourth-order valence-electron chi connectivity index (χ4n) is 3.08. The van der Waals surface area contributed by atoms with Gasteiger partial charge in [-0.05, 0) is 12.1 Å². The summed E-state index contributed by atoms with van der Waals surface area (Å²) in [6.07, 6.45) is 5.81. The van der Waals surface area contributed by atoms with Gasteiger partial charge < -0.3 is 4.74 Å². The van der Waals surface area contributed by atoms with Crippen LogP contribution in [0.1, 0.15) is 10.4 Å². The largest absolute Gasteiger partial charge is 0.365 e. The molecule has 4 unspecified atom stereocenters. The van der Waals surface area contributed by atoms with Crippen LogP contribution in [0.25, 0.3) is 0 Å². The number of carbonyl (C=O) groups is 3. The minimum Gasteiger partial charge on any atom is -0.365 e. The molecule has 0 saturated carbocycles. The molecule has 2 saturated heterocycles. The van der Waals surface area contributed by atoms with Gasteiger partial charge in [-0.1, -0.05) is 12.2 Å².